The molecule has 0 saturated heterocycles. The molecule has 0 bridgehead atoms. The molecule has 0 aromatic carbocycles. The Bertz CT molecular complexity index is 439. The molecule has 1 saturated carbocycles. The van der Waals surface area contributed by atoms with Gasteiger partial charge in [-0.1, -0.05) is 31.8 Å². The summed E-state index contributed by atoms with van der Waals surface area (Å²) in [6.45, 7) is 8.80. The van der Waals surface area contributed by atoms with Crippen LogP contribution in [0.25, 0.3) is 6.08 Å². The van der Waals surface area contributed by atoms with Crippen LogP contribution < -0.4 is 5.32 Å². The van der Waals surface area contributed by atoms with Crippen molar-refractivity contribution in [2.24, 2.45) is 5.92 Å². The van der Waals surface area contributed by atoms with Gasteiger partial charge in [-0.3, -0.25) is 0 Å². The molecule has 3 nitrogen and oxygen atoms in total. The van der Waals surface area contributed by atoms with Crippen molar-refractivity contribution < 1.29 is 0 Å². The Morgan fingerprint density at radius 1 is 1.38 bits per heavy atom. The van der Waals surface area contributed by atoms with E-state index in [1.54, 1.807) is 5.57 Å². The molecule has 1 aromatic rings. The maximum atomic E-state index is 4.34. The van der Waals surface area contributed by atoms with Crippen LogP contribution in [0.3, 0.4) is 0 Å². The van der Waals surface area contributed by atoms with Gasteiger partial charge < -0.3 is 9.88 Å². The van der Waals surface area contributed by atoms with E-state index in [1.165, 1.54) is 44.2 Å². The van der Waals surface area contributed by atoms with E-state index in [0.29, 0.717) is 6.04 Å². The Kier molecular flexibility index (Phi) is 6.50. The van der Waals surface area contributed by atoms with Crippen molar-refractivity contribution in [1.29, 1.82) is 0 Å². The van der Waals surface area contributed by atoms with E-state index in [-0.39, 0.29) is 0 Å². The molecule has 0 unspecified atom stereocenters. The summed E-state index contributed by atoms with van der Waals surface area (Å²) >= 11 is 0. The van der Waals surface area contributed by atoms with Gasteiger partial charge in [-0.05, 0) is 51.6 Å². The zero-order valence-corrected chi connectivity index (χ0v) is 13.9. The molecule has 0 amide bonds. The van der Waals surface area contributed by atoms with E-state index in [1.807, 2.05) is 12.5 Å². The highest BCUT2D eigenvalue weighted by atomic mass is 15.1. The summed E-state index contributed by atoms with van der Waals surface area (Å²) in [6.07, 6.45) is 14.4. The van der Waals surface area contributed by atoms with Crippen LogP contribution in [0.1, 0.15) is 71.0 Å². The lowest BCUT2D eigenvalue weighted by atomic mass is 9.83. The highest BCUT2D eigenvalue weighted by molar-refractivity contribution is 5.50. The Balaban J connectivity index is 2.15. The minimum Gasteiger partial charge on any atom is -0.329 e. The quantitative estimate of drug-likeness (QED) is 0.753. The number of nitrogens with zero attached hydrogens (tertiary/aromatic N) is 2. The maximum absolute atomic E-state index is 4.34. The topological polar surface area (TPSA) is 29.9 Å². The zero-order chi connectivity index (χ0) is 15.1. The lowest BCUT2D eigenvalue weighted by molar-refractivity contribution is 0.396. The number of hydrogen-bond donors (Lipinski definition) is 1. The predicted molar refractivity (Wildman–Crippen MR) is 90.3 cm³/mol. The van der Waals surface area contributed by atoms with Crippen LogP contribution in [0.15, 0.2) is 18.1 Å². The Hall–Kier alpha value is -1.09. The molecule has 1 heterocycles. The van der Waals surface area contributed by atoms with Gasteiger partial charge in [-0.15, -0.1) is 0 Å². The van der Waals surface area contributed by atoms with Crippen LogP contribution in [0.2, 0.25) is 0 Å². The van der Waals surface area contributed by atoms with Crippen molar-refractivity contribution >= 4 is 6.08 Å². The lowest BCUT2D eigenvalue weighted by Crippen LogP contribution is -2.23. The van der Waals surface area contributed by atoms with Crippen molar-refractivity contribution in [2.75, 3.05) is 13.1 Å². The number of imidazole rings is 1. The first-order valence-corrected chi connectivity index (χ1v) is 8.65. The van der Waals surface area contributed by atoms with Gasteiger partial charge in [-0.2, -0.15) is 0 Å². The predicted octanol–water partition coefficient (Wildman–Crippen LogP) is 4.43. The minimum absolute atomic E-state index is 0.468. The zero-order valence-electron chi connectivity index (χ0n) is 13.9. The van der Waals surface area contributed by atoms with E-state index < -0.39 is 0 Å². The standard InChI is InChI=1S/C18H31N3/c1-4-10-19-12-17(16-8-6-5-7-9-16)11-18-13-20-14-21(18)15(2)3/h11,13-16,19H,4-10,12H2,1-3H3. The van der Waals surface area contributed by atoms with Crippen molar-refractivity contribution in [3.63, 3.8) is 0 Å². The first kappa shape index (κ1) is 16.3. The fourth-order valence-electron chi connectivity index (χ4n) is 3.24. The van der Waals surface area contributed by atoms with Gasteiger partial charge in [0.25, 0.3) is 0 Å². The molecule has 1 fully saturated rings. The molecule has 0 radical (unpaired) electrons. The second-order valence-electron chi connectivity index (χ2n) is 6.55. The normalized spacial score (nSPS) is 17.6. The molecule has 0 aliphatic heterocycles. The van der Waals surface area contributed by atoms with Crippen molar-refractivity contribution in [1.82, 2.24) is 14.9 Å². The number of aromatic nitrogens is 2. The average Bonchev–Trinajstić information content (AvgIpc) is 2.96. The largest absolute Gasteiger partial charge is 0.329 e. The summed E-state index contributed by atoms with van der Waals surface area (Å²) < 4.78 is 2.27. The van der Waals surface area contributed by atoms with Crippen molar-refractivity contribution in [3.05, 3.63) is 23.8 Å². The van der Waals surface area contributed by atoms with Crippen LogP contribution in [-0.4, -0.2) is 22.6 Å². The van der Waals surface area contributed by atoms with Gasteiger partial charge >= 0.3 is 0 Å². The Morgan fingerprint density at radius 3 is 2.81 bits per heavy atom. The van der Waals surface area contributed by atoms with Crippen molar-refractivity contribution in [3.8, 4) is 0 Å². The number of nitrogens with one attached hydrogen (secondary N) is 1. The Morgan fingerprint density at radius 2 is 2.14 bits per heavy atom. The van der Waals surface area contributed by atoms with Gasteiger partial charge in [0.1, 0.15) is 0 Å². The summed E-state index contributed by atoms with van der Waals surface area (Å²) in [5.74, 6) is 0.763. The highest BCUT2D eigenvalue weighted by Crippen LogP contribution is 2.30. The van der Waals surface area contributed by atoms with Gasteiger partial charge in [0.05, 0.1) is 18.2 Å². The van der Waals surface area contributed by atoms with E-state index >= 15 is 0 Å². The first-order chi connectivity index (χ1) is 10.2. The molecule has 21 heavy (non-hydrogen) atoms. The van der Waals surface area contributed by atoms with Crippen LogP contribution in [0.5, 0.6) is 0 Å². The van der Waals surface area contributed by atoms with E-state index in [0.717, 1.165) is 19.0 Å². The highest BCUT2D eigenvalue weighted by Gasteiger charge is 2.18. The Labute approximate surface area is 129 Å². The number of hydrogen-bond acceptors (Lipinski definition) is 2. The molecule has 0 atom stereocenters. The fourth-order valence-corrected chi connectivity index (χ4v) is 3.24. The third-order valence-corrected chi connectivity index (χ3v) is 4.47. The SMILES string of the molecule is CCCNCC(=Cc1cncn1C(C)C)C1CCCCC1. The third-order valence-electron chi connectivity index (χ3n) is 4.47. The summed E-state index contributed by atoms with van der Waals surface area (Å²) in [7, 11) is 0. The first-order valence-electron chi connectivity index (χ1n) is 8.65. The molecule has 2 rings (SSSR count). The summed E-state index contributed by atoms with van der Waals surface area (Å²) in [4.78, 5) is 4.34. The average molecular weight is 289 g/mol. The van der Waals surface area contributed by atoms with Crippen LogP contribution in [0, 0.1) is 5.92 Å². The third kappa shape index (κ3) is 4.70. The molecular weight excluding hydrogens is 258 g/mol. The van der Waals surface area contributed by atoms with Gasteiger partial charge in [-0.25, -0.2) is 4.98 Å². The lowest BCUT2D eigenvalue weighted by Gasteiger charge is -2.25. The summed E-state index contributed by atoms with van der Waals surface area (Å²) in [5, 5.41) is 3.60. The summed E-state index contributed by atoms with van der Waals surface area (Å²) in [6, 6.07) is 0.468. The van der Waals surface area contributed by atoms with Crippen molar-refractivity contribution in [2.45, 2.75) is 65.3 Å². The summed E-state index contributed by atoms with van der Waals surface area (Å²) in [5.41, 5.74) is 2.83. The second kappa shape index (κ2) is 8.38. The van der Waals surface area contributed by atoms with Gasteiger partial charge in [0.15, 0.2) is 0 Å². The molecule has 3 heteroatoms. The van der Waals surface area contributed by atoms with Gasteiger partial charge in [0.2, 0.25) is 0 Å². The smallest absolute Gasteiger partial charge is 0.0953 e. The van der Waals surface area contributed by atoms with E-state index in [9.17, 15) is 0 Å². The molecular formula is C18H31N3. The monoisotopic (exact) mass is 289 g/mol. The minimum atomic E-state index is 0.468. The van der Waals surface area contributed by atoms with Crippen LogP contribution >= 0.6 is 0 Å². The van der Waals surface area contributed by atoms with E-state index in [2.05, 4.69) is 41.7 Å². The fraction of sp³-hybridized carbons (Fsp3) is 0.722. The molecule has 0 spiro atoms. The second-order valence-corrected chi connectivity index (χ2v) is 6.55. The molecule has 118 valence electrons. The van der Waals surface area contributed by atoms with Gasteiger partial charge in [0, 0.05) is 12.6 Å². The molecule has 1 aliphatic rings. The molecule has 1 N–H and O–H groups in total. The van der Waals surface area contributed by atoms with Crippen LogP contribution in [0.4, 0.5) is 0 Å². The van der Waals surface area contributed by atoms with E-state index in [4.69, 9.17) is 0 Å². The van der Waals surface area contributed by atoms with Crippen LogP contribution in [-0.2, 0) is 0 Å². The maximum Gasteiger partial charge on any atom is 0.0953 e. The molecule has 1 aromatic heterocycles. The molecule has 1 aliphatic carbocycles. The number of rotatable bonds is 7.